The van der Waals surface area contributed by atoms with Crippen molar-refractivity contribution in [1.29, 1.82) is 0 Å². The Hall–Kier alpha value is -1.07. The summed E-state index contributed by atoms with van der Waals surface area (Å²) in [6, 6.07) is 0. The summed E-state index contributed by atoms with van der Waals surface area (Å²) in [6.07, 6.45) is -7.25. The highest BCUT2D eigenvalue weighted by Gasteiger charge is 2.59. The van der Waals surface area contributed by atoms with Crippen molar-refractivity contribution >= 4 is 5.97 Å². The maximum atomic E-state index is 12.2. The number of rotatable bonds is 3. The largest absolute Gasteiger partial charge is 0.461 e. The van der Waals surface area contributed by atoms with E-state index in [1.807, 2.05) is 6.92 Å². The summed E-state index contributed by atoms with van der Waals surface area (Å²) in [5.41, 5.74) is 0.886. The fourth-order valence-corrected chi connectivity index (χ4v) is 5.94. The highest BCUT2D eigenvalue weighted by Crippen LogP contribution is 2.53. The number of hydrogen-bond donors (Lipinski definition) is 5. The molecule has 4 fully saturated rings. The molecule has 0 unspecified atom stereocenters. The molecule has 0 aromatic heterocycles. The Labute approximate surface area is 175 Å². The third kappa shape index (κ3) is 3.40. The third-order valence-corrected chi connectivity index (χ3v) is 7.70. The second-order valence-corrected chi connectivity index (χ2v) is 9.35. The highest BCUT2D eigenvalue weighted by molar-refractivity contribution is 5.75. The molecule has 0 spiro atoms. The average Bonchev–Trinajstić information content (AvgIpc) is 3.15. The second-order valence-electron chi connectivity index (χ2n) is 9.35. The van der Waals surface area contributed by atoms with Gasteiger partial charge in [-0.2, -0.15) is 0 Å². The van der Waals surface area contributed by atoms with E-state index in [0.717, 1.165) is 5.57 Å². The van der Waals surface area contributed by atoms with Gasteiger partial charge in [-0.3, -0.25) is 4.79 Å². The van der Waals surface area contributed by atoms with E-state index >= 15 is 0 Å². The van der Waals surface area contributed by atoms with Gasteiger partial charge in [-0.25, -0.2) is 0 Å². The first-order valence-electron chi connectivity index (χ1n) is 10.7. The molecule has 2 aliphatic heterocycles. The molecule has 0 bridgehead atoms. The van der Waals surface area contributed by atoms with Crippen molar-refractivity contribution in [3.05, 3.63) is 12.2 Å². The number of carbonyl (C=O) groups is 1. The van der Waals surface area contributed by atoms with Crippen LogP contribution in [0.15, 0.2) is 12.2 Å². The molecule has 2 saturated carbocycles. The lowest BCUT2D eigenvalue weighted by molar-refractivity contribution is -0.313. The average molecular weight is 428 g/mol. The predicted octanol–water partition coefficient (Wildman–Crippen LogP) is -1.06. The van der Waals surface area contributed by atoms with Crippen molar-refractivity contribution in [1.82, 2.24) is 0 Å². The van der Waals surface area contributed by atoms with E-state index < -0.39 is 55.4 Å². The summed E-state index contributed by atoms with van der Waals surface area (Å²) in [6.45, 7) is 7.40. The molecule has 0 aromatic rings. The van der Waals surface area contributed by atoms with E-state index in [0.29, 0.717) is 12.8 Å². The van der Waals surface area contributed by atoms with Crippen LogP contribution in [0.3, 0.4) is 0 Å². The molecular formula is C21H32O9. The lowest BCUT2D eigenvalue weighted by Gasteiger charge is -2.41. The van der Waals surface area contributed by atoms with Gasteiger partial charge < -0.3 is 39.7 Å². The minimum absolute atomic E-state index is 0.0300. The molecule has 4 aliphatic rings. The Kier molecular flexibility index (Phi) is 6.00. The number of ether oxygens (including phenoxy) is 3. The molecule has 13 atom stereocenters. The Morgan fingerprint density at radius 2 is 1.80 bits per heavy atom. The number of aliphatic hydroxyl groups excluding tert-OH is 5. The van der Waals surface area contributed by atoms with Crippen LogP contribution in [0.2, 0.25) is 0 Å². The van der Waals surface area contributed by atoms with Gasteiger partial charge in [-0.05, 0) is 24.7 Å². The van der Waals surface area contributed by atoms with Crippen LogP contribution in [0, 0.1) is 29.6 Å². The van der Waals surface area contributed by atoms with Crippen LogP contribution in [0.1, 0.15) is 26.7 Å². The van der Waals surface area contributed by atoms with Gasteiger partial charge in [0, 0.05) is 11.8 Å². The molecule has 9 heteroatoms. The maximum Gasteiger partial charge on any atom is 0.309 e. The molecule has 9 nitrogen and oxygen atoms in total. The minimum atomic E-state index is -1.51. The summed E-state index contributed by atoms with van der Waals surface area (Å²) >= 11 is 0. The molecule has 5 N–H and O–H groups in total. The molecule has 0 amide bonds. The molecule has 0 aromatic carbocycles. The number of carbonyl (C=O) groups excluding carboxylic acids is 1. The summed E-state index contributed by atoms with van der Waals surface area (Å²) in [5.74, 6) is -1.23. The van der Waals surface area contributed by atoms with Crippen LogP contribution in [0.5, 0.6) is 0 Å². The lowest BCUT2D eigenvalue weighted by atomic mass is 9.77. The zero-order chi connectivity index (χ0) is 21.9. The molecule has 170 valence electrons. The van der Waals surface area contributed by atoms with E-state index in [1.165, 1.54) is 0 Å². The quantitative estimate of drug-likeness (QED) is 0.280. The van der Waals surface area contributed by atoms with Gasteiger partial charge >= 0.3 is 5.97 Å². The van der Waals surface area contributed by atoms with Crippen LogP contribution in [-0.4, -0.2) is 87.1 Å². The Bertz CT molecular complexity index is 681. The number of fused-ring (bicyclic) bond motifs is 3. The monoisotopic (exact) mass is 428 g/mol. The van der Waals surface area contributed by atoms with Crippen LogP contribution < -0.4 is 0 Å². The fraction of sp³-hybridized carbons (Fsp3) is 0.857. The number of esters is 1. The normalized spacial score (nSPS) is 53.8. The van der Waals surface area contributed by atoms with Crippen LogP contribution >= 0.6 is 0 Å². The van der Waals surface area contributed by atoms with E-state index in [9.17, 15) is 30.3 Å². The Morgan fingerprint density at radius 3 is 2.47 bits per heavy atom. The Balaban J connectivity index is 1.54. The zero-order valence-electron chi connectivity index (χ0n) is 17.2. The zero-order valence-corrected chi connectivity index (χ0v) is 17.2. The predicted molar refractivity (Wildman–Crippen MR) is 102 cm³/mol. The van der Waals surface area contributed by atoms with E-state index in [1.54, 1.807) is 6.92 Å². The van der Waals surface area contributed by atoms with Crippen LogP contribution in [0.25, 0.3) is 0 Å². The van der Waals surface area contributed by atoms with Crippen molar-refractivity contribution < 1.29 is 44.5 Å². The molecule has 2 aliphatic carbocycles. The van der Waals surface area contributed by atoms with Gasteiger partial charge in [0.15, 0.2) is 6.29 Å². The summed E-state index contributed by atoms with van der Waals surface area (Å²) < 4.78 is 17.2. The van der Waals surface area contributed by atoms with Gasteiger partial charge in [0.1, 0.15) is 30.5 Å². The molecule has 0 radical (unpaired) electrons. The van der Waals surface area contributed by atoms with Gasteiger partial charge in [0.25, 0.3) is 0 Å². The first-order chi connectivity index (χ1) is 14.1. The molecule has 2 heterocycles. The van der Waals surface area contributed by atoms with Gasteiger partial charge in [-0.1, -0.05) is 26.0 Å². The van der Waals surface area contributed by atoms with Crippen molar-refractivity contribution in [3.63, 3.8) is 0 Å². The maximum absolute atomic E-state index is 12.2. The SMILES string of the molecule is C=C1C[C@@H](O)[C@@H]2[C@H](OC(=O)[C@H]2C)[C@H]2[C@@H](C)[C@@H](O[C@@H]3O[C@H](CO)[C@@H](O)[C@H](O)[C@H]3O)C[C@@H]12. The van der Waals surface area contributed by atoms with Crippen LogP contribution in [-0.2, 0) is 19.0 Å². The summed E-state index contributed by atoms with van der Waals surface area (Å²) in [4.78, 5) is 12.2. The second kappa shape index (κ2) is 8.12. The van der Waals surface area contributed by atoms with E-state index in [2.05, 4.69) is 6.58 Å². The van der Waals surface area contributed by atoms with Crippen molar-refractivity contribution in [3.8, 4) is 0 Å². The van der Waals surface area contributed by atoms with Gasteiger partial charge in [0.05, 0.1) is 24.7 Å². The van der Waals surface area contributed by atoms with Crippen molar-refractivity contribution in [2.45, 2.75) is 75.7 Å². The molecular weight excluding hydrogens is 396 g/mol. The smallest absolute Gasteiger partial charge is 0.309 e. The van der Waals surface area contributed by atoms with Crippen LogP contribution in [0.4, 0.5) is 0 Å². The highest BCUT2D eigenvalue weighted by atomic mass is 16.7. The first-order valence-corrected chi connectivity index (χ1v) is 10.7. The first kappa shape index (κ1) is 22.1. The molecule has 4 rings (SSSR count). The number of hydrogen-bond acceptors (Lipinski definition) is 9. The standard InChI is InChI=1S/C21H32O9/c1-7-4-11(23)15-9(3)20(27)30-19(15)14-8(2)12(5-10(7)14)28-21-18(26)17(25)16(24)13(6-22)29-21/h8-19,21-26H,1,4-6H2,2-3H3/t8-,9-,10-,11+,12-,13+,14-,15+,16+,17-,18+,19+,21+/m0/s1. The summed E-state index contributed by atoms with van der Waals surface area (Å²) in [7, 11) is 0. The van der Waals surface area contributed by atoms with Crippen molar-refractivity contribution in [2.24, 2.45) is 29.6 Å². The van der Waals surface area contributed by atoms with E-state index in [4.69, 9.17) is 14.2 Å². The van der Waals surface area contributed by atoms with Crippen molar-refractivity contribution in [2.75, 3.05) is 6.61 Å². The minimum Gasteiger partial charge on any atom is -0.461 e. The van der Waals surface area contributed by atoms with Gasteiger partial charge in [0.2, 0.25) is 0 Å². The lowest BCUT2D eigenvalue weighted by Crippen LogP contribution is -2.59. The summed E-state index contributed by atoms with van der Waals surface area (Å²) in [5, 5.41) is 50.4. The fourth-order valence-electron chi connectivity index (χ4n) is 5.94. The molecule has 2 saturated heterocycles. The molecule has 30 heavy (non-hydrogen) atoms. The topological polar surface area (TPSA) is 146 Å². The number of aliphatic hydroxyl groups is 5. The van der Waals surface area contributed by atoms with Gasteiger partial charge in [-0.15, -0.1) is 0 Å². The third-order valence-electron chi connectivity index (χ3n) is 7.70. The Morgan fingerprint density at radius 1 is 1.10 bits per heavy atom. The van der Waals surface area contributed by atoms with E-state index in [-0.39, 0.29) is 35.7 Å².